The number of ketones is 1. The van der Waals surface area contributed by atoms with Gasteiger partial charge in [-0.25, -0.2) is 5.01 Å². The van der Waals surface area contributed by atoms with Gasteiger partial charge in [-0.15, -0.1) is 0 Å². The first-order chi connectivity index (χ1) is 9.79. The van der Waals surface area contributed by atoms with Crippen molar-refractivity contribution in [1.29, 1.82) is 5.26 Å². The summed E-state index contributed by atoms with van der Waals surface area (Å²) in [4.78, 5) is 12.1. The first-order valence-electron chi connectivity index (χ1n) is 7.96. The summed E-state index contributed by atoms with van der Waals surface area (Å²) in [6.45, 7) is 0.714. The highest BCUT2D eigenvalue weighted by Gasteiger charge is 2.39. The predicted octanol–water partition coefficient (Wildman–Crippen LogP) is 2.68. The molecule has 2 aliphatic carbocycles. The molecule has 0 saturated heterocycles. The molecule has 0 bridgehead atoms. The van der Waals surface area contributed by atoms with Crippen molar-refractivity contribution in [3.05, 3.63) is 11.3 Å². The van der Waals surface area contributed by atoms with Crippen molar-refractivity contribution in [2.75, 3.05) is 6.54 Å². The first kappa shape index (κ1) is 13.6. The normalized spacial score (nSPS) is 26.9. The second-order valence-corrected chi connectivity index (χ2v) is 6.27. The number of carbonyl (C=O) groups excluding carboxylic acids is 1. The minimum atomic E-state index is 0.217. The second-order valence-electron chi connectivity index (χ2n) is 6.27. The molecule has 0 radical (unpaired) electrons. The Morgan fingerprint density at radius 2 is 2.05 bits per heavy atom. The van der Waals surface area contributed by atoms with Crippen LogP contribution in [0.3, 0.4) is 0 Å². The van der Waals surface area contributed by atoms with Crippen LogP contribution in [0.5, 0.6) is 0 Å². The van der Waals surface area contributed by atoms with Gasteiger partial charge in [-0.3, -0.25) is 4.79 Å². The van der Waals surface area contributed by atoms with E-state index in [0.717, 1.165) is 30.0 Å². The van der Waals surface area contributed by atoms with Crippen molar-refractivity contribution in [2.24, 2.45) is 5.92 Å². The number of hydrogen-bond donors (Lipinski definition) is 1. The zero-order valence-corrected chi connectivity index (χ0v) is 12.0. The van der Waals surface area contributed by atoms with Gasteiger partial charge in [0.2, 0.25) is 0 Å². The van der Waals surface area contributed by atoms with Crippen molar-refractivity contribution in [2.45, 2.75) is 63.8 Å². The van der Waals surface area contributed by atoms with Crippen LogP contribution in [0.4, 0.5) is 0 Å². The van der Waals surface area contributed by atoms with Crippen molar-refractivity contribution in [3.63, 3.8) is 0 Å². The maximum absolute atomic E-state index is 12.1. The maximum atomic E-state index is 12.1. The average molecular weight is 273 g/mol. The van der Waals surface area contributed by atoms with Crippen LogP contribution in [0.1, 0.15) is 57.8 Å². The summed E-state index contributed by atoms with van der Waals surface area (Å²) in [7, 11) is 0. The lowest BCUT2D eigenvalue weighted by Crippen LogP contribution is -2.41. The quantitative estimate of drug-likeness (QED) is 0.836. The standard InChI is InChI=1S/C16H23N3O/c17-10-3-11-19-14(8-6-12-4-1-2-5-12)16-13(18-19)7-9-15(16)20/h12,14,18H,1-9,11H2. The average Bonchev–Trinajstić information content (AvgIpc) is 3.13. The Labute approximate surface area is 120 Å². The molecule has 20 heavy (non-hydrogen) atoms. The summed E-state index contributed by atoms with van der Waals surface area (Å²) in [5.74, 6) is 1.18. The topological polar surface area (TPSA) is 56.1 Å². The van der Waals surface area contributed by atoms with Crippen LogP contribution in [0.25, 0.3) is 0 Å². The van der Waals surface area contributed by atoms with E-state index >= 15 is 0 Å². The molecule has 1 N–H and O–H groups in total. The maximum Gasteiger partial charge on any atom is 0.162 e. The molecule has 108 valence electrons. The van der Waals surface area contributed by atoms with Gasteiger partial charge < -0.3 is 5.43 Å². The molecule has 1 atom stereocenters. The molecule has 1 saturated carbocycles. The van der Waals surface area contributed by atoms with Gasteiger partial charge in [-0.1, -0.05) is 25.7 Å². The van der Waals surface area contributed by atoms with E-state index in [2.05, 4.69) is 16.5 Å². The fraction of sp³-hybridized carbons (Fsp3) is 0.750. The largest absolute Gasteiger partial charge is 0.322 e. The summed E-state index contributed by atoms with van der Waals surface area (Å²) in [6.07, 6.45) is 9.79. The molecule has 0 aromatic carbocycles. The van der Waals surface area contributed by atoms with Gasteiger partial charge in [-0.05, 0) is 25.2 Å². The van der Waals surface area contributed by atoms with Gasteiger partial charge in [-0.2, -0.15) is 5.26 Å². The molecule has 1 aliphatic heterocycles. The number of allylic oxidation sites excluding steroid dienone is 1. The third-order valence-corrected chi connectivity index (χ3v) is 5.00. The summed E-state index contributed by atoms with van der Waals surface area (Å²) in [6, 6.07) is 2.42. The van der Waals surface area contributed by atoms with Crippen molar-refractivity contribution in [1.82, 2.24) is 10.4 Å². The summed E-state index contributed by atoms with van der Waals surface area (Å²) >= 11 is 0. The molecule has 0 amide bonds. The SMILES string of the molecule is N#CCCN1NC2=C(C(=O)CC2)C1CCC1CCCC1. The van der Waals surface area contributed by atoms with Crippen LogP contribution in [0, 0.1) is 17.2 Å². The van der Waals surface area contributed by atoms with E-state index in [4.69, 9.17) is 5.26 Å². The van der Waals surface area contributed by atoms with E-state index in [9.17, 15) is 4.79 Å². The van der Waals surface area contributed by atoms with Crippen LogP contribution in [-0.2, 0) is 4.79 Å². The third-order valence-electron chi connectivity index (χ3n) is 5.00. The second kappa shape index (κ2) is 5.97. The van der Waals surface area contributed by atoms with E-state index < -0.39 is 0 Å². The van der Waals surface area contributed by atoms with E-state index in [0.29, 0.717) is 25.2 Å². The number of nitriles is 1. The van der Waals surface area contributed by atoms with Crippen LogP contribution >= 0.6 is 0 Å². The number of carbonyl (C=O) groups is 1. The first-order valence-corrected chi connectivity index (χ1v) is 7.96. The lowest BCUT2D eigenvalue weighted by atomic mass is 9.94. The Kier molecular flexibility index (Phi) is 4.07. The van der Waals surface area contributed by atoms with Crippen LogP contribution in [-0.4, -0.2) is 23.4 Å². The molecular formula is C16H23N3O. The van der Waals surface area contributed by atoms with E-state index in [1.54, 1.807) is 0 Å². The zero-order valence-electron chi connectivity index (χ0n) is 12.0. The zero-order chi connectivity index (χ0) is 13.9. The van der Waals surface area contributed by atoms with E-state index in [1.807, 2.05) is 0 Å². The number of hydrogen-bond acceptors (Lipinski definition) is 4. The number of hydrazine groups is 1. The predicted molar refractivity (Wildman–Crippen MR) is 76.3 cm³/mol. The van der Waals surface area contributed by atoms with Gasteiger partial charge in [0.25, 0.3) is 0 Å². The number of nitrogens with zero attached hydrogens (tertiary/aromatic N) is 2. The highest BCUT2D eigenvalue weighted by atomic mass is 16.1. The van der Waals surface area contributed by atoms with Crippen molar-refractivity contribution in [3.8, 4) is 6.07 Å². The Morgan fingerprint density at radius 3 is 2.80 bits per heavy atom. The monoisotopic (exact) mass is 273 g/mol. The summed E-state index contributed by atoms with van der Waals surface area (Å²) in [5, 5.41) is 10.9. The van der Waals surface area contributed by atoms with E-state index in [-0.39, 0.29) is 6.04 Å². The number of nitrogens with one attached hydrogen (secondary N) is 1. The molecule has 1 fully saturated rings. The minimum absolute atomic E-state index is 0.217. The van der Waals surface area contributed by atoms with Gasteiger partial charge in [0.05, 0.1) is 12.1 Å². The minimum Gasteiger partial charge on any atom is -0.322 e. The Hall–Kier alpha value is -1.34. The molecule has 0 spiro atoms. The number of rotatable bonds is 5. The van der Waals surface area contributed by atoms with Crippen LogP contribution in [0.15, 0.2) is 11.3 Å². The molecular weight excluding hydrogens is 250 g/mol. The smallest absolute Gasteiger partial charge is 0.162 e. The van der Waals surface area contributed by atoms with Gasteiger partial charge >= 0.3 is 0 Å². The van der Waals surface area contributed by atoms with Gasteiger partial charge in [0.15, 0.2) is 5.78 Å². The third kappa shape index (κ3) is 2.60. The molecule has 0 aromatic rings. The van der Waals surface area contributed by atoms with Crippen molar-refractivity contribution < 1.29 is 4.79 Å². The van der Waals surface area contributed by atoms with Crippen LogP contribution in [0.2, 0.25) is 0 Å². The highest BCUT2D eigenvalue weighted by molar-refractivity contribution is 6.00. The lowest BCUT2D eigenvalue weighted by molar-refractivity contribution is -0.115. The fourth-order valence-corrected chi connectivity index (χ4v) is 3.96. The van der Waals surface area contributed by atoms with Crippen LogP contribution < -0.4 is 5.43 Å². The summed E-state index contributed by atoms with van der Waals surface area (Å²) < 4.78 is 0. The van der Waals surface area contributed by atoms with Crippen molar-refractivity contribution >= 4 is 5.78 Å². The van der Waals surface area contributed by atoms with Gasteiger partial charge in [0, 0.05) is 30.7 Å². The molecule has 1 unspecified atom stereocenters. The molecule has 4 nitrogen and oxygen atoms in total. The Balaban J connectivity index is 1.65. The molecule has 3 rings (SSSR count). The fourth-order valence-electron chi connectivity index (χ4n) is 3.96. The molecule has 0 aromatic heterocycles. The number of Topliss-reactive ketones (excluding diaryl/α,β-unsaturated/α-hetero) is 1. The van der Waals surface area contributed by atoms with E-state index in [1.165, 1.54) is 32.1 Å². The summed E-state index contributed by atoms with van der Waals surface area (Å²) in [5.41, 5.74) is 5.54. The van der Waals surface area contributed by atoms with Gasteiger partial charge in [0.1, 0.15) is 0 Å². The lowest BCUT2D eigenvalue weighted by Gasteiger charge is -2.27. The molecule has 4 heteroatoms. The Morgan fingerprint density at radius 1 is 1.25 bits per heavy atom. The highest BCUT2D eigenvalue weighted by Crippen LogP contribution is 2.36. The molecule has 3 aliphatic rings. The Bertz CT molecular complexity index is 457. The molecule has 1 heterocycles.